The van der Waals surface area contributed by atoms with Crippen LogP contribution in [0.2, 0.25) is 0 Å². The largest absolute Gasteiger partial charge is 0.381 e. The fourth-order valence-electron chi connectivity index (χ4n) is 2.95. The SMILES string of the molecule is Cc1cc(Br)c(NC2CCCC(C)C2C)cc1[N+](=O)[O-]. The Labute approximate surface area is 128 Å². The fraction of sp³-hybridized carbons (Fsp3) is 0.600. The second-order valence-electron chi connectivity index (χ2n) is 5.89. The van der Waals surface area contributed by atoms with Gasteiger partial charge >= 0.3 is 0 Å². The van der Waals surface area contributed by atoms with Gasteiger partial charge in [-0.25, -0.2) is 0 Å². The van der Waals surface area contributed by atoms with Crippen molar-refractivity contribution in [2.24, 2.45) is 11.8 Å². The van der Waals surface area contributed by atoms with Crippen molar-refractivity contribution in [3.05, 3.63) is 32.3 Å². The third kappa shape index (κ3) is 3.14. The van der Waals surface area contributed by atoms with E-state index in [9.17, 15) is 10.1 Å². The maximum absolute atomic E-state index is 11.1. The van der Waals surface area contributed by atoms with E-state index in [0.717, 1.165) is 16.6 Å². The first kappa shape index (κ1) is 15.3. The highest BCUT2D eigenvalue weighted by atomic mass is 79.9. The first-order valence-corrected chi connectivity index (χ1v) is 7.90. The van der Waals surface area contributed by atoms with Crippen LogP contribution in [0.4, 0.5) is 11.4 Å². The van der Waals surface area contributed by atoms with Gasteiger partial charge in [0.1, 0.15) is 0 Å². The Kier molecular flexibility index (Phi) is 4.68. The Morgan fingerprint density at radius 3 is 2.70 bits per heavy atom. The van der Waals surface area contributed by atoms with Crippen molar-refractivity contribution in [2.75, 3.05) is 5.32 Å². The zero-order valence-electron chi connectivity index (χ0n) is 12.1. The molecule has 3 unspecified atom stereocenters. The molecular weight excluding hydrogens is 320 g/mol. The minimum absolute atomic E-state index is 0.173. The lowest BCUT2D eigenvalue weighted by atomic mass is 9.78. The smallest absolute Gasteiger partial charge is 0.274 e. The van der Waals surface area contributed by atoms with E-state index < -0.39 is 0 Å². The number of halogens is 1. The minimum atomic E-state index is -0.320. The molecule has 1 aromatic carbocycles. The summed E-state index contributed by atoms with van der Waals surface area (Å²) in [5, 5.41) is 14.6. The number of nitrogens with zero attached hydrogens (tertiary/aromatic N) is 1. The Bertz CT molecular complexity index is 519. The number of hydrogen-bond donors (Lipinski definition) is 1. The molecule has 1 aromatic rings. The average Bonchev–Trinajstić information content (AvgIpc) is 2.37. The molecule has 2 rings (SSSR count). The maximum Gasteiger partial charge on any atom is 0.274 e. The van der Waals surface area contributed by atoms with Gasteiger partial charge in [-0.2, -0.15) is 0 Å². The molecule has 0 saturated heterocycles. The molecule has 1 aliphatic carbocycles. The number of benzene rings is 1. The molecule has 4 nitrogen and oxygen atoms in total. The first-order chi connectivity index (χ1) is 9.40. The molecule has 1 saturated carbocycles. The van der Waals surface area contributed by atoms with Crippen LogP contribution < -0.4 is 5.32 Å². The van der Waals surface area contributed by atoms with Gasteiger partial charge in [0.2, 0.25) is 0 Å². The number of nitrogens with one attached hydrogen (secondary N) is 1. The monoisotopic (exact) mass is 340 g/mol. The molecule has 0 bridgehead atoms. The molecule has 1 N–H and O–H groups in total. The van der Waals surface area contributed by atoms with E-state index >= 15 is 0 Å². The number of aryl methyl sites for hydroxylation is 1. The van der Waals surface area contributed by atoms with E-state index in [1.54, 1.807) is 13.0 Å². The number of nitro benzene ring substituents is 1. The van der Waals surface area contributed by atoms with Crippen LogP contribution in [-0.2, 0) is 0 Å². The van der Waals surface area contributed by atoms with Crippen LogP contribution in [0.3, 0.4) is 0 Å². The van der Waals surface area contributed by atoms with Crippen molar-refractivity contribution in [1.82, 2.24) is 0 Å². The van der Waals surface area contributed by atoms with Gasteiger partial charge in [-0.15, -0.1) is 0 Å². The second kappa shape index (κ2) is 6.12. The van der Waals surface area contributed by atoms with Crippen molar-refractivity contribution < 1.29 is 4.92 Å². The second-order valence-corrected chi connectivity index (χ2v) is 6.75. The third-order valence-electron chi connectivity index (χ3n) is 4.53. The van der Waals surface area contributed by atoms with E-state index in [-0.39, 0.29) is 10.6 Å². The van der Waals surface area contributed by atoms with Crippen LogP contribution in [-0.4, -0.2) is 11.0 Å². The van der Waals surface area contributed by atoms with E-state index in [4.69, 9.17) is 0 Å². The standard InChI is InChI=1S/C15H21BrN2O2/c1-9-5-4-6-13(11(9)3)17-14-8-15(18(19)20)10(2)7-12(14)16/h7-9,11,13,17H,4-6H2,1-3H3. The van der Waals surface area contributed by atoms with Crippen LogP contribution in [0, 0.1) is 28.9 Å². The van der Waals surface area contributed by atoms with Gasteiger partial charge in [-0.05, 0) is 47.2 Å². The summed E-state index contributed by atoms with van der Waals surface area (Å²) in [5.41, 5.74) is 1.68. The molecule has 0 spiro atoms. The lowest BCUT2D eigenvalue weighted by Gasteiger charge is -2.35. The van der Waals surface area contributed by atoms with Crippen molar-refractivity contribution in [1.29, 1.82) is 0 Å². The lowest BCUT2D eigenvalue weighted by Crippen LogP contribution is -2.35. The van der Waals surface area contributed by atoms with Crippen molar-refractivity contribution in [3.63, 3.8) is 0 Å². The summed E-state index contributed by atoms with van der Waals surface area (Å²) >= 11 is 3.51. The van der Waals surface area contributed by atoms with Crippen LogP contribution in [0.25, 0.3) is 0 Å². The quantitative estimate of drug-likeness (QED) is 0.628. The molecule has 0 amide bonds. The van der Waals surface area contributed by atoms with Crippen LogP contribution in [0.5, 0.6) is 0 Å². The summed E-state index contributed by atoms with van der Waals surface area (Å²) in [7, 11) is 0. The van der Waals surface area contributed by atoms with E-state index in [1.165, 1.54) is 12.8 Å². The minimum Gasteiger partial charge on any atom is -0.381 e. The van der Waals surface area contributed by atoms with Gasteiger partial charge in [-0.1, -0.05) is 26.7 Å². The van der Waals surface area contributed by atoms with Gasteiger partial charge in [0, 0.05) is 22.1 Å². The molecule has 0 radical (unpaired) electrons. The molecule has 20 heavy (non-hydrogen) atoms. The molecule has 110 valence electrons. The Morgan fingerprint density at radius 2 is 2.05 bits per heavy atom. The molecular formula is C15H21BrN2O2. The molecule has 0 aliphatic heterocycles. The summed E-state index contributed by atoms with van der Waals surface area (Å²) < 4.78 is 0.894. The van der Waals surface area contributed by atoms with Crippen LogP contribution in [0.15, 0.2) is 16.6 Å². The van der Waals surface area contributed by atoms with E-state index in [0.29, 0.717) is 23.4 Å². The van der Waals surface area contributed by atoms with Gasteiger partial charge in [0.25, 0.3) is 5.69 Å². The normalized spacial score (nSPS) is 26.3. The zero-order valence-corrected chi connectivity index (χ0v) is 13.7. The third-order valence-corrected chi connectivity index (χ3v) is 5.19. The van der Waals surface area contributed by atoms with Crippen molar-refractivity contribution in [2.45, 2.75) is 46.1 Å². The summed E-state index contributed by atoms with van der Waals surface area (Å²) in [6.07, 6.45) is 3.61. The summed E-state index contributed by atoms with van der Waals surface area (Å²) in [4.78, 5) is 10.7. The highest BCUT2D eigenvalue weighted by molar-refractivity contribution is 9.10. The highest BCUT2D eigenvalue weighted by Crippen LogP contribution is 2.35. The van der Waals surface area contributed by atoms with Crippen LogP contribution >= 0.6 is 15.9 Å². The molecule has 0 aromatic heterocycles. The molecule has 5 heteroatoms. The molecule has 1 fully saturated rings. The first-order valence-electron chi connectivity index (χ1n) is 7.11. The highest BCUT2D eigenvalue weighted by Gasteiger charge is 2.27. The summed E-state index contributed by atoms with van der Waals surface area (Å²) in [6.45, 7) is 6.31. The molecule has 1 aliphatic rings. The molecule has 3 atom stereocenters. The van der Waals surface area contributed by atoms with E-state index in [2.05, 4.69) is 35.1 Å². The van der Waals surface area contributed by atoms with Gasteiger partial charge < -0.3 is 5.32 Å². The summed E-state index contributed by atoms with van der Waals surface area (Å²) in [5.74, 6) is 1.27. The van der Waals surface area contributed by atoms with E-state index in [1.807, 2.05) is 6.07 Å². The maximum atomic E-state index is 11.1. The predicted molar refractivity (Wildman–Crippen MR) is 85.1 cm³/mol. The number of nitro groups is 1. The number of hydrogen-bond acceptors (Lipinski definition) is 3. The average molecular weight is 341 g/mol. The van der Waals surface area contributed by atoms with Crippen molar-refractivity contribution in [3.8, 4) is 0 Å². The van der Waals surface area contributed by atoms with Gasteiger partial charge in [-0.3, -0.25) is 10.1 Å². The fourth-order valence-corrected chi connectivity index (χ4v) is 3.53. The molecule has 0 heterocycles. The number of rotatable bonds is 3. The number of anilines is 1. The Morgan fingerprint density at radius 1 is 1.35 bits per heavy atom. The zero-order chi connectivity index (χ0) is 14.9. The Balaban J connectivity index is 2.24. The summed E-state index contributed by atoms with van der Waals surface area (Å²) in [6, 6.07) is 3.85. The Hall–Kier alpha value is -1.10. The topological polar surface area (TPSA) is 55.2 Å². The van der Waals surface area contributed by atoms with Crippen LogP contribution in [0.1, 0.15) is 38.7 Å². The predicted octanol–water partition coefficient (Wildman–Crippen LogP) is 4.90. The lowest BCUT2D eigenvalue weighted by molar-refractivity contribution is -0.385. The van der Waals surface area contributed by atoms with Gasteiger partial charge in [0.05, 0.1) is 10.6 Å². The van der Waals surface area contributed by atoms with Gasteiger partial charge in [0.15, 0.2) is 0 Å². The van der Waals surface area contributed by atoms with Crippen molar-refractivity contribution >= 4 is 27.3 Å².